The summed E-state index contributed by atoms with van der Waals surface area (Å²) in [5.41, 5.74) is 2.03. The molecule has 0 saturated carbocycles. The molecule has 0 atom stereocenters. The van der Waals surface area contributed by atoms with Crippen LogP contribution in [-0.2, 0) is 0 Å². The smallest absolute Gasteiger partial charge is 0.195 e. The summed E-state index contributed by atoms with van der Waals surface area (Å²) in [6, 6.07) is 8.26. The number of hydrogen-bond acceptors (Lipinski definition) is 1. The van der Waals surface area contributed by atoms with Gasteiger partial charge in [0.15, 0.2) is 5.78 Å². The molecule has 1 N–H and O–H groups in total. The first-order valence-electron chi connectivity index (χ1n) is 6.14. The highest BCUT2D eigenvalue weighted by Crippen LogP contribution is 2.23. The summed E-state index contributed by atoms with van der Waals surface area (Å²) in [7, 11) is 0. The minimum Gasteiger partial charge on any atom is -0.360 e. The normalized spacial score (nSPS) is 10.9. The lowest BCUT2D eigenvalue weighted by Gasteiger charge is -2.04. The summed E-state index contributed by atoms with van der Waals surface area (Å²) in [6.45, 7) is 1.69. The van der Waals surface area contributed by atoms with Gasteiger partial charge in [0.05, 0.1) is 0 Å². The summed E-state index contributed by atoms with van der Waals surface area (Å²) in [6.07, 6.45) is 1.55. The highest BCUT2D eigenvalue weighted by atomic mass is 19.1. The average Bonchev–Trinajstić information content (AvgIpc) is 2.80. The van der Waals surface area contributed by atoms with E-state index in [2.05, 4.69) is 4.98 Å². The molecule has 0 aliphatic heterocycles. The van der Waals surface area contributed by atoms with Crippen LogP contribution in [0.2, 0.25) is 0 Å². The van der Waals surface area contributed by atoms with E-state index in [1.54, 1.807) is 19.2 Å². The molecule has 0 bridgehead atoms. The van der Waals surface area contributed by atoms with Gasteiger partial charge >= 0.3 is 0 Å². The SMILES string of the molecule is Cc1cc(F)ccc1C(=O)c1c[nH]c2cc(F)ccc12. The van der Waals surface area contributed by atoms with E-state index in [9.17, 15) is 13.6 Å². The Morgan fingerprint density at radius 3 is 2.45 bits per heavy atom. The molecule has 2 nitrogen and oxygen atoms in total. The fourth-order valence-corrected chi connectivity index (χ4v) is 2.31. The third-order valence-electron chi connectivity index (χ3n) is 3.32. The van der Waals surface area contributed by atoms with Gasteiger partial charge in [0, 0.05) is 28.2 Å². The number of aromatic nitrogens is 1. The first-order valence-corrected chi connectivity index (χ1v) is 6.14. The van der Waals surface area contributed by atoms with Gasteiger partial charge in [-0.15, -0.1) is 0 Å². The molecule has 100 valence electrons. The molecule has 1 aromatic heterocycles. The highest BCUT2D eigenvalue weighted by Gasteiger charge is 2.16. The molecule has 0 saturated heterocycles. The van der Waals surface area contributed by atoms with Crippen molar-refractivity contribution in [1.29, 1.82) is 0 Å². The second-order valence-electron chi connectivity index (χ2n) is 4.68. The maximum absolute atomic E-state index is 13.1. The Kier molecular flexibility index (Phi) is 2.86. The van der Waals surface area contributed by atoms with Crippen LogP contribution in [0.15, 0.2) is 42.6 Å². The quantitative estimate of drug-likeness (QED) is 0.702. The van der Waals surface area contributed by atoms with Gasteiger partial charge in [-0.3, -0.25) is 4.79 Å². The number of benzene rings is 2. The molecule has 1 heterocycles. The average molecular weight is 271 g/mol. The number of carbonyl (C=O) groups excluding carboxylic acids is 1. The number of halogens is 2. The molecule has 0 amide bonds. The molecule has 3 aromatic rings. The molecular weight excluding hydrogens is 260 g/mol. The lowest BCUT2D eigenvalue weighted by atomic mass is 9.98. The zero-order valence-corrected chi connectivity index (χ0v) is 10.7. The number of aromatic amines is 1. The van der Waals surface area contributed by atoms with Crippen LogP contribution in [0.4, 0.5) is 8.78 Å². The number of carbonyl (C=O) groups is 1. The molecule has 0 unspecified atom stereocenters. The van der Waals surface area contributed by atoms with E-state index in [1.807, 2.05) is 0 Å². The summed E-state index contributed by atoms with van der Waals surface area (Å²) in [5.74, 6) is -0.947. The molecule has 4 heteroatoms. The van der Waals surface area contributed by atoms with Gasteiger partial charge in [0.25, 0.3) is 0 Å². The monoisotopic (exact) mass is 271 g/mol. The molecule has 2 aromatic carbocycles. The van der Waals surface area contributed by atoms with Crippen molar-refractivity contribution in [2.75, 3.05) is 0 Å². The largest absolute Gasteiger partial charge is 0.360 e. The van der Waals surface area contributed by atoms with Crippen LogP contribution < -0.4 is 0 Å². The molecule has 0 fully saturated rings. The Balaban J connectivity index is 2.13. The predicted molar refractivity (Wildman–Crippen MR) is 72.8 cm³/mol. The van der Waals surface area contributed by atoms with Crippen molar-refractivity contribution < 1.29 is 13.6 Å². The summed E-state index contributed by atoms with van der Waals surface area (Å²) in [4.78, 5) is 15.4. The van der Waals surface area contributed by atoms with Gasteiger partial charge in [-0.25, -0.2) is 8.78 Å². The van der Waals surface area contributed by atoms with Crippen molar-refractivity contribution >= 4 is 16.7 Å². The van der Waals surface area contributed by atoms with E-state index in [4.69, 9.17) is 0 Å². The number of aryl methyl sites for hydroxylation is 1. The van der Waals surface area contributed by atoms with Crippen LogP contribution in [0.5, 0.6) is 0 Å². The second kappa shape index (κ2) is 4.56. The van der Waals surface area contributed by atoms with E-state index >= 15 is 0 Å². The second-order valence-corrected chi connectivity index (χ2v) is 4.68. The first kappa shape index (κ1) is 12.5. The van der Waals surface area contributed by atoms with Crippen LogP contribution >= 0.6 is 0 Å². The standard InChI is InChI=1S/C16H11F2NO/c1-9-6-10(17)2-4-12(9)16(20)14-8-19-15-7-11(18)3-5-13(14)15/h2-8,19H,1H3. The lowest BCUT2D eigenvalue weighted by Crippen LogP contribution is -2.03. The van der Waals surface area contributed by atoms with E-state index < -0.39 is 0 Å². The number of rotatable bonds is 2. The maximum atomic E-state index is 13.1. The molecule has 3 rings (SSSR count). The first-order chi connectivity index (χ1) is 9.56. The van der Waals surface area contributed by atoms with Crippen LogP contribution in [0.25, 0.3) is 10.9 Å². The van der Waals surface area contributed by atoms with Gasteiger partial charge < -0.3 is 4.98 Å². The number of H-pyrrole nitrogens is 1. The van der Waals surface area contributed by atoms with Gasteiger partial charge in [-0.05, 0) is 48.9 Å². The molecular formula is C16H11F2NO. The maximum Gasteiger partial charge on any atom is 0.195 e. The van der Waals surface area contributed by atoms with Crippen molar-refractivity contribution in [2.24, 2.45) is 0 Å². The fourth-order valence-electron chi connectivity index (χ4n) is 2.31. The van der Waals surface area contributed by atoms with Crippen LogP contribution in [0.1, 0.15) is 21.5 Å². The number of hydrogen-bond donors (Lipinski definition) is 1. The van der Waals surface area contributed by atoms with E-state index in [1.165, 1.54) is 30.3 Å². The Labute approximate surface area is 114 Å². The minimum atomic E-state index is -0.375. The zero-order valence-electron chi connectivity index (χ0n) is 10.7. The molecule has 0 aliphatic carbocycles. The molecule has 0 aliphatic rings. The third kappa shape index (κ3) is 1.99. The van der Waals surface area contributed by atoms with Crippen molar-refractivity contribution in [3.63, 3.8) is 0 Å². The minimum absolute atomic E-state index is 0.208. The third-order valence-corrected chi connectivity index (χ3v) is 3.32. The van der Waals surface area contributed by atoms with Crippen LogP contribution in [-0.4, -0.2) is 10.8 Å². The predicted octanol–water partition coefficient (Wildman–Crippen LogP) is 3.99. The van der Waals surface area contributed by atoms with E-state index in [0.29, 0.717) is 27.6 Å². The van der Waals surface area contributed by atoms with Gasteiger partial charge in [-0.1, -0.05) is 0 Å². The Morgan fingerprint density at radius 2 is 1.70 bits per heavy atom. The Bertz CT molecular complexity index is 820. The molecule has 0 spiro atoms. The Morgan fingerprint density at radius 1 is 1.00 bits per heavy atom. The number of fused-ring (bicyclic) bond motifs is 1. The van der Waals surface area contributed by atoms with Crippen LogP contribution in [0.3, 0.4) is 0 Å². The summed E-state index contributed by atoms with van der Waals surface area (Å²) >= 11 is 0. The van der Waals surface area contributed by atoms with E-state index in [-0.39, 0.29) is 17.4 Å². The van der Waals surface area contributed by atoms with Crippen molar-refractivity contribution in [2.45, 2.75) is 6.92 Å². The van der Waals surface area contributed by atoms with Gasteiger partial charge in [0.2, 0.25) is 0 Å². The van der Waals surface area contributed by atoms with Crippen molar-refractivity contribution in [3.05, 3.63) is 70.9 Å². The van der Waals surface area contributed by atoms with Gasteiger partial charge in [0.1, 0.15) is 11.6 Å². The lowest BCUT2D eigenvalue weighted by molar-refractivity contribution is 0.103. The topological polar surface area (TPSA) is 32.9 Å². The number of ketones is 1. The van der Waals surface area contributed by atoms with Gasteiger partial charge in [-0.2, -0.15) is 0 Å². The van der Waals surface area contributed by atoms with Crippen molar-refractivity contribution in [3.8, 4) is 0 Å². The van der Waals surface area contributed by atoms with E-state index in [0.717, 1.165) is 0 Å². The molecule has 20 heavy (non-hydrogen) atoms. The summed E-state index contributed by atoms with van der Waals surface area (Å²) < 4.78 is 26.2. The highest BCUT2D eigenvalue weighted by molar-refractivity contribution is 6.16. The summed E-state index contributed by atoms with van der Waals surface area (Å²) in [5, 5.41) is 0.653. The zero-order chi connectivity index (χ0) is 14.3. The van der Waals surface area contributed by atoms with Crippen molar-refractivity contribution in [1.82, 2.24) is 4.98 Å². The van der Waals surface area contributed by atoms with Crippen LogP contribution in [0, 0.1) is 18.6 Å². The fraction of sp³-hybridized carbons (Fsp3) is 0.0625. The Hall–Kier alpha value is -2.49. The number of nitrogens with one attached hydrogen (secondary N) is 1. The molecule has 0 radical (unpaired) electrons.